The molecular formula is C25H34N6O2. The van der Waals surface area contributed by atoms with E-state index in [0.717, 1.165) is 80.0 Å². The van der Waals surface area contributed by atoms with Gasteiger partial charge < -0.3 is 24.3 Å². The van der Waals surface area contributed by atoms with E-state index in [9.17, 15) is 4.79 Å². The van der Waals surface area contributed by atoms with Crippen molar-refractivity contribution in [1.82, 2.24) is 19.8 Å². The third-order valence-electron chi connectivity index (χ3n) is 7.09. The second-order valence-electron chi connectivity index (χ2n) is 9.35. The predicted octanol–water partition coefficient (Wildman–Crippen LogP) is 1.96. The summed E-state index contributed by atoms with van der Waals surface area (Å²) in [5.41, 5.74) is 3.27. The minimum Gasteiger partial charge on any atom is -0.497 e. The summed E-state index contributed by atoms with van der Waals surface area (Å²) >= 11 is 0. The Hall–Kier alpha value is -2.87. The number of hydrogen-bond acceptors (Lipinski definition) is 7. The Morgan fingerprint density at radius 2 is 1.67 bits per heavy atom. The van der Waals surface area contributed by atoms with E-state index in [1.54, 1.807) is 7.11 Å². The molecule has 8 nitrogen and oxygen atoms in total. The van der Waals surface area contributed by atoms with E-state index in [1.807, 2.05) is 29.2 Å². The molecule has 176 valence electrons. The van der Waals surface area contributed by atoms with Crippen molar-refractivity contribution in [2.24, 2.45) is 0 Å². The van der Waals surface area contributed by atoms with Crippen molar-refractivity contribution in [2.45, 2.75) is 32.2 Å². The Morgan fingerprint density at radius 1 is 0.939 bits per heavy atom. The van der Waals surface area contributed by atoms with Crippen LogP contribution < -0.4 is 14.5 Å². The maximum absolute atomic E-state index is 13.1. The molecule has 0 unspecified atom stereocenters. The molecular weight excluding hydrogens is 416 g/mol. The van der Waals surface area contributed by atoms with Crippen LogP contribution in [0.25, 0.3) is 0 Å². The SMILES string of the molecule is COc1ccc(CC(=O)N2CCc3nc(N4CCN(C)CC4)nc(N4CCCC4)c3C2)cc1. The van der Waals surface area contributed by atoms with E-state index in [-0.39, 0.29) is 5.91 Å². The molecule has 0 spiro atoms. The van der Waals surface area contributed by atoms with E-state index >= 15 is 0 Å². The van der Waals surface area contributed by atoms with Gasteiger partial charge in [0.2, 0.25) is 11.9 Å². The van der Waals surface area contributed by atoms with Crippen LogP contribution in [0.1, 0.15) is 29.7 Å². The fraction of sp³-hybridized carbons (Fsp3) is 0.560. The second kappa shape index (κ2) is 9.55. The van der Waals surface area contributed by atoms with Gasteiger partial charge in [0.15, 0.2) is 0 Å². The molecule has 2 fully saturated rings. The first kappa shape index (κ1) is 21.9. The highest BCUT2D eigenvalue weighted by Crippen LogP contribution is 2.31. The van der Waals surface area contributed by atoms with Gasteiger partial charge in [0.05, 0.1) is 25.8 Å². The first-order valence-electron chi connectivity index (χ1n) is 12.1. The van der Waals surface area contributed by atoms with Crippen LogP contribution in [0.2, 0.25) is 0 Å². The van der Waals surface area contributed by atoms with Gasteiger partial charge in [-0.15, -0.1) is 0 Å². The van der Waals surface area contributed by atoms with Gasteiger partial charge in [-0.2, -0.15) is 4.98 Å². The third kappa shape index (κ3) is 4.76. The molecule has 5 rings (SSSR count). The van der Waals surface area contributed by atoms with Crippen molar-refractivity contribution in [3.8, 4) is 5.75 Å². The molecule has 1 aromatic carbocycles. The summed E-state index contributed by atoms with van der Waals surface area (Å²) in [6, 6.07) is 7.76. The highest BCUT2D eigenvalue weighted by molar-refractivity contribution is 5.79. The van der Waals surface area contributed by atoms with Gasteiger partial charge in [-0.25, -0.2) is 4.98 Å². The first-order valence-corrected chi connectivity index (χ1v) is 12.1. The number of nitrogens with zero attached hydrogens (tertiary/aromatic N) is 6. The van der Waals surface area contributed by atoms with Crippen molar-refractivity contribution in [3.63, 3.8) is 0 Å². The normalized spacial score (nSPS) is 19.0. The Bertz CT molecular complexity index is 981. The molecule has 0 radical (unpaired) electrons. The zero-order chi connectivity index (χ0) is 22.8. The topological polar surface area (TPSA) is 65.0 Å². The molecule has 2 saturated heterocycles. The van der Waals surface area contributed by atoms with Gasteiger partial charge >= 0.3 is 0 Å². The summed E-state index contributed by atoms with van der Waals surface area (Å²) < 4.78 is 5.23. The van der Waals surface area contributed by atoms with Crippen molar-refractivity contribution >= 4 is 17.7 Å². The van der Waals surface area contributed by atoms with E-state index in [1.165, 1.54) is 12.8 Å². The molecule has 33 heavy (non-hydrogen) atoms. The maximum Gasteiger partial charge on any atom is 0.227 e. The van der Waals surface area contributed by atoms with Crippen LogP contribution in [0.3, 0.4) is 0 Å². The molecule has 0 bridgehead atoms. The molecule has 2 aromatic rings. The number of piperazine rings is 1. The lowest BCUT2D eigenvalue weighted by Gasteiger charge is -2.35. The molecule has 0 N–H and O–H groups in total. The lowest BCUT2D eigenvalue weighted by molar-refractivity contribution is -0.131. The van der Waals surface area contributed by atoms with Crippen LogP contribution >= 0.6 is 0 Å². The van der Waals surface area contributed by atoms with Gasteiger partial charge in [-0.05, 0) is 37.6 Å². The largest absolute Gasteiger partial charge is 0.497 e. The molecule has 1 aromatic heterocycles. The van der Waals surface area contributed by atoms with Crippen molar-refractivity contribution in [1.29, 1.82) is 0 Å². The van der Waals surface area contributed by atoms with Crippen molar-refractivity contribution < 1.29 is 9.53 Å². The van der Waals surface area contributed by atoms with Crippen molar-refractivity contribution in [2.75, 3.05) is 69.8 Å². The lowest BCUT2D eigenvalue weighted by Crippen LogP contribution is -2.46. The number of ether oxygens (including phenoxy) is 1. The van der Waals surface area contributed by atoms with Gasteiger partial charge in [0, 0.05) is 57.8 Å². The van der Waals surface area contributed by atoms with Crippen LogP contribution in [0.15, 0.2) is 24.3 Å². The zero-order valence-electron chi connectivity index (χ0n) is 19.8. The summed E-state index contributed by atoms with van der Waals surface area (Å²) in [5, 5.41) is 0. The standard InChI is InChI=1S/C25H34N6O2/c1-28-13-15-30(16-14-28)25-26-22-9-12-31(18-21(22)24(27-25)29-10-3-4-11-29)23(32)17-19-5-7-20(33-2)8-6-19/h5-8H,3-4,9-18H2,1-2H3. The molecule has 3 aliphatic rings. The number of carbonyl (C=O) groups is 1. The number of anilines is 2. The Labute approximate surface area is 196 Å². The molecule has 0 aliphatic carbocycles. The predicted molar refractivity (Wildman–Crippen MR) is 129 cm³/mol. The quantitative estimate of drug-likeness (QED) is 0.690. The monoisotopic (exact) mass is 450 g/mol. The average molecular weight is 451 g/mol. The molecule has 8 heteroatoms. The number of carbonyl (C=O) groups excluding carboxylic acids is 1. The number of amides is 1. The molecule has 1 amide bonds. The summed E-state index contributed by atoms with van der Waals surface area (Å²) in [6.45, 7) is 7.36. The van der Waals surface area contributed by atoms with Crippen molar-refractivity contribution in [3.05, 3.63) is 41.1 Å². The minimum absolute atomic E-state index is 0.154. The number of rotatable bonds is 5. The summed E-state index contributed by atoms with van der Waals surface area (Å²) in [7, 11) is 3.82. The molecule has 0 atom stereocenters. The highest BCUT2D eigenvalue weighted by atomic mass is 16.5. The van der Waals surface area contributed by atoms with Gasteiger partial charge in [-0.1, -0.05) is 12.1 Å². The third-order valence-corrected chi connectivity index (χ3v) is 7.09. The van der Waals surface area contributed by atoms with Crippen LogP contribution in [-0.2, 0) is 24.2 Å². The van der Waals surface area contributed by atoms with Crippen LogP contribution in [0.5, 0.6) is 5.75 Å². The number of benzene rings is 1. The minimum atomic E-state index is 0.154. The smallest absolute Gasteiger partial charge is 0.227 e. The zero-order valence-corrected chi connectivity index (χ0v) is 19.8. The average Bonchev–Trinajstić information content (AvgIpc) is 3.39. The highest BCUT2D eigenvalue weighted by Gasteiger charge is 2.30. The van der Waals surface area contributed by atoms with E-state index in [0.29, 0.717) is 19.5 Å². The van der Waals surface area contributed by atoms with Crippen LogP contribution in [0, 0.1) is 0 Å². The lowest BCUT2D eigenvalue weighted by atomic mass is 10.0. The van der Waals surface area contributed by atoms with Crippen LogP contribution in [0.4, 0.5) is 11.8 Å². The number of methoxy groups -OCH3 is 1. The summed E-state index contributed by atoms with van der Waals surface area (Å²) in [4.78, 5) is 32.3. The molecule has 4 heterocycles. The number of fused-ring (bicyclic) bond motifs is 1. The van der Waals surface area contributed by atoms with Gasteiger partial charge in [0.1, 0.15) is 11.6 Å². The Morgan fingerprint density at radius 3 is 2.36 bits per heavy atom. The van der Waals surface area contributed by atoms with Gasteiger partial charge in [-0.3, -0.25) is 4.79 Å². The Kier molecular flexibility index (Phi) is 6.35. The van der Waals surface area contributed by atoms with Crippen LogP contribution in [-0.4, -0.2) is 85.6 Å². The summed E-state index contributed by atoms with van der Waals surface area (Å²) in [5.74, 6) is 2.87. The molecule has 0 saturated carbocycles. The van der Waals surface area contributed by atoms with E-state index < -0.39 is 0 Å². The van der Waals surface area contributed by atoms with E-state index in [2.05, 4.69) is 21.7 Å². The van der Waals surface area contributed by atoms with E-state index in [4.69, 9.17) is 14.7 Å². The molecule has 3 aliphatic heterocycles. The first-order chi connectivity index (χ1) is 16.1. The summed E-state index contributed by atoms with van der Waals surface area (Å²) in [6.07, 6.45) is 3.58. The second-order valence-corrected chi connectivity index (χ2v) is 9.35. The number of likely N-dealkylation sites (N-methyl/N-ethyl adjacent to an activating group) is 1. The number of hydrogen-bond donors (Lipinski definition) is 0. The fourth-order valence-electron chi connectivity index (χ4n) is 4.97. The Balaban J connectivity index is 1.37. The van der Waals surface area contributed by atoms with Gasteiger partial charge in [0.25, 0.3) is 0 Å². The maximum atomic E-state index is 13.1. The number of aromatic nitrogens is 2. The fourth-order valence-corrected chi connectivity index (χ4v) is 4.97.